The zero-order chi connectivity index (χ0) is 14.5. The normalized spacial score (nSPS) is 10.1. The topological polar surface area (TPSA) is 71.0 Å². The van der Waals surface area contributed by atoms with Crippen LogP contribution >= 0.6 is 0 Å². The fourth-order valence-electron chi connectivity index (χ4n) is 1.84. The molecule has 0 saturated heterocycles. The maximum absolute atomic E-state index is 9.69. The SMILES string of the molecule is COc1ccc(NCc2ccc(O)c(OC)c2)cc1O. The van der Waals surface area contributed by atoms with Gasteiger partial charge in [-0.3, -0.25) is 0 Å². The molecule has 0 amide bonds. The van der Waals surface area contributed by atoms with Crippen molar-refractivity contribution in [3.05, 3.63) is 42.0 Å². The molecule has 0 bridgehead atoms. The Morgan fingerprint density at radius 1 is 0.900 bits per heavy atom. The fourth-order valence-corrected chi connectivity index (χ4v) is 1.84. The molecule has 2 rings (SSSR count). The lowest BCUT2D eigenvalue weighted by Crippen LogP contribution is -2.00. The highest BCUT2D eigenvalue weighted by atomic mass is 16.5. The van der Waals surface area contributed by atoms with E-state index >= 15 is 0 Å². The third-order valence-corrected chi connectivity index (χ3v) is 2.92. The van der Waals surface area contributed by atoms with Crippen LogP contribution in [0.15, 0.2) is 36.4 Å². The quantitative estimate of drug-likeness (QED) is 0.782. The number of anilines is 1. The van der Waals surface area contributed by atoms with Crippen LogP contribution in [-0.4, -0.2) is 24.4 Å². The highest BCUT2D eigenvalue weighted by molar-refractivity contribution is 5.54. The van der Waals surface area contributed by atoms with Crippen molar-refractivity contribution in [2.45, 2.75) is 6.54 Å². The van der Waals surface area contributed by atoms with Gasteiger partial charge in [0.25, 0.3) is 0 Å². The highest BCUT2D eigenvalue weighted by Gasteiger charge is 2.04. The van der Waals surface area contributed by atoms with E-state index in [-0.39, 0.29) is 11.5 Å². The molecular formula is C15H17NO4. The van der Waals surface area contributed by atoms with Crippen LogP contribution in [0.25, 0.3) is 0 Å². The van der Waals surface area contributed by atoms with E-state index in [1.54, 1.807) is 30.3 Å². The Hall–Kier alpha value is -2.56. The Labute approximate surface area is 117 Å². The van der Waals surface area contributed by atoms with Crippen LogP contribution in [0.5, 0.6) is 23.0 Å². The molecule has 0 heterocycles. The maximum Gasteiger partial charge on any atom is 0.160 e. The Balaban J connectivity index is 2.07. The Morgan fingerprint density at radius 3 is 2.30 bits per heavy atom. The summed E-state index contributed by atoms with van der Waals surface area (Å²) < 4.78 is 10.0. The predicted molar refractivity (Wildman–Crippen MR) is 76.6 cm³/mol. The molecule has 20 heavy (non-hydrogen) atoms. The molecule has 0 spiro atoms. The van der Waals surface area contributed by atoms with E-state index in [1.807, 2.05) is 6.07 Å². The van der Waals surface area contributed by atoms with Crippen LogP contribution in [0.4, 0.5) is 5.69 Å². The summed E-state index contributed by atoms with van der Waals surface area (Å²) in [6.07, 6.45) is 0. The van der Waals surface area contributed by atoms with Gasteiger partial charge in [-0.05, 0) is 29.8 Å². The lowest BCUT2D eigenvalue weighted by Gasteiger charge is -2.10. The lowest BCUT2D eigenvalue weighted by atomic mass is 10.2. The van der Waals surface area contributed by atoms with Gasteiger partial charge < -0.3 is 25.0 Å². The second kappa shape index (κ2) is 6.06. The number of rotatable bonds is 5. The zero-order valence-electron chi connectivity index (χ0n) is 11.4. The van der Waals surface area contributed by atoms with Crippen LogP contribution < -0.4 is 14.8 Å². The molecule has 0 aliphatic carbocycles. The molecule has 5 nitrogen and oxygen atoms in total. The van der Waals surface area contributed by atoms with Crippen LogP contribution in [0.3, 0.4) is 0 Å². The summed E-state index contributed by atoms with van der Waals surface area (Å²) >= 11 is 0. The van der Waals surface area contributed by atoms with Gasteiger partial charge in [-0.1, -0.05) is 6.07 Å². The minimum absolute atomic E-state index is 0.0841. The molecule has 2 aromatic rings. The van der Waals surface area contributed by atoms with Crippen molar-refractivity contribution in [1.82, 2.24) is 0 Å². The first-order valence-electron chi connectivity index (χ1n) is 6.11. The van der Waals surface area contributed by atoms with Crippen molar-refractivity contribution in [3.63, 3.8) is 0 Å². The van der Waals surface area contributed by atoms with Gasteiger partial charge in [-0.15, -0.1) is 0 Å². The molecule has 2 aromatic carbocycles. The third kappa shape index (κ3) is 3.06. The molecule has 106 valence electrons. The summed E-state index contributed by atoms with van der Waals surface area (Å²) in [7, 11) is 3.01. The molecule has 0 aromatic heterocycles. The first kappa shape index (κ1) is 13.9. The second-order valence-corrected chi connectivity index (χ2v) is 4.25. The average Bonchev–Trinajstić information content (AvgIpc) is 2.46. The van der Waals surface area contributed by atoms with Crippen LogP contribution in [0.2, 0.25) is 0 Å². The summed E-state index contributed by atoms with van der Waals surface area (Å²) in [6.45, 7) is 0.544. The largest absolute Gasteiger partial charge is 0.504 e. The standard InChI is InChI=1S/C15H17NO4/c1-19-14-6-4-11(8-13(14)18)16-9-10-3-5-12(17)15(7-10)20-2/h3-8,16-18H,9H2,1-2H3. The number of phenols is 2. The summed E-state index contributed by atoms with van der Waals surface area (Å²) in [4.78, 5) is 0. The van der Waals surface area contributed by atoms with Crippen molar-refractivity contribution in [3.8, 4) is 23.0 Å². The number of ether oxygens (including phenoxy) is 2. The van der Waals surface area contributed by atoms with Gasteiger partial charge in [-0.2, -0.15) is 0 Å². The summed E-state index contributed by atoms with van der Waals surface area (Å²) in [5.41, 5.74) is 1.73. The van der Waals surface area contributed by atoms with E-state index in [4.69, 9.17) is 9.47 Å². The molecule has 0 saturated carbocycles. The fraction of sp³-hybridized carbons (Fsp3) is 0.200. The minimum Gasteiger partial charge on any atom is -0.504 e. The van der Waals surface area contributed by atoms with E-state index < -0.39 is 0 Å². The van der Waals surface area contributed by atoms with Gasteiger partial charge in [0.05, 0.1) is 14.2 Å². The average molecular weight is 275 g/mol. The van der Waals surface area contributed by atoms with Crippen LogP contribution in [-0.2, 0) is 6.54 Å². The number of hydrogen-bond acceptors (Lipinski definition) is 5. The Bertz CT molecular complexity index is 598. The molecule has 0 radical (unpaired) electrons. The van der Waals surface area contributed by atoms with Gasteiger partial charge in [0.15, 0.2) is 23.0 Å². The monoisotopic (exact) mass is 275 g/mol. The number of nitrogens with one attached hydrogen (secondary N) is 1. The Morgan fingerprint density at radius 2 is 1.65 bits per heavy atom. The van der Waals surface area contributed by atoms with E-state index in [1.165, 1.54) is 14.2 Å². The molecule has 5 heteroatoms. The van der Waals surface area contributed by atoms with Gasteiger partial charge in [0.1, 0.15) is 0 Å². The predicted octanol–water partition coefficient (Wildman–Crippen LogP) is 2.73. The van der Waals surface area contributed by atoms with Crippen LogP contribution in [0.1, 0.15) is 5.56 Å². The van der Waals surface area contributed by atoms with Gasteiger partial charge in [-0.25, -0.2) is 0 Å². The number of benzene rings is 2. The molecule has 0 unspecified atom stereocenters. The maximum atomic E-state index is 9.69. The molecule has 0 aliphatic rings. The molecule has 3 N–H and O–H groups in total. The number of hydrogen-bond donors (Lipinski definition) is 3. The summed E-state index contributed by atoms with van der Waals surface area (Å²) in [5, 5.41) is 22.4. The smallest absolute Gasteiger partial charge is 0.160 e. The first-order chi connectivity index (χ1) is 9.63. The zero-order valence-corrected chi connectivity index (χ0v) is 11.4. The van der Waals surface area contributed by atoms with E-state index in [0.717, 1.165) is 11.3 Å². The lowest BCUT2D eigenvalue weighted by molar-refractivity contribution is 0.373. The van der Waals surface area contributed by atoms with E-state index in [2.05, 4.69) is 5.32 Å². The van der Waals surface area contributed by atoms with E-state index in [0.29, 0.717) is 18.0 Å². The second-order valence-electron chi connectivity index (χ2n) is 4.25. The molecule has 0 fully saturated rings. The number of phenolic OH excluding ortho intramolecular Hbond substituents is 2. The highest BCUT2D eigenvalue weighted by Crippen LogP contribution is 2.29. The van der Waals surface area contributed by atoms with Crippen molar-refractivity contribution in [2.75, 3.05) is 19.5 Å². The van der Waals surface area contributed by atoms with Gasteiger partial charge in [0.2, 0.25) is 0 Å². The van der Waals surface area contributed by atoms with Crippen LogP contribution in [0, 0.1) is 0 Å². The third-order valence-electron chi connectivity index (χ3n) is 2.92. The summed E-state index contributed by atoms with van der Waals surface area (Å²) in [5.74, 6) is 1.06. The van der Waals surface area contributed by atoms with Gasteiger partial charge in [0, 0.05) is 18.3 Å². The summed E-state index contributed by atoms with van der Waals surface area (Å²) in [6, 6.07) is 10.2. The number of aromatic hydroxyl groups is 2. The Kier molecular flexibility index (Phi) is 4.20. The van der Waals surface area contributed by atoms with E-state index in [9.17, 15) is 10.2 Å². The van der Waals surface area contributed by atoms with Gasteiger partial charge >= 0.3 is 0 Å². The molecule has 0 atom stereocenters. The molecule has 0 aliphatic heterocycles. The first-order valence-corrected chi connectivity index (χ1v) is 6.11. The minimum atomic E-state index is 0.0841. The van der Waals surface area contributed by atoms with Crippen molar-refractivity contribution in [2.24, 2.45) is 0 Å². The van der Waals surface area contributed by atoms with Crippen molar-refractivity contribution in [1.29, 1.82) is 0 Å². The van der Waals surface area contributed by atoms with Crippen molar-refractivity contribution >= 4 is 5.69 Å². The van der Waals surface area contributed by atoms with Crippen molar-refractivity contribution < 1.29 is 19.7 Å². The molecular weight excluding hydrogens is 258 g/mol. The number of methoxy groups -OCH3 is 2.